The molecular formula is C19H30. The number of benzene rings is 2. The zero-order valence-corrected chi connectivity index (χ0v) is 13.6. The fourth-order valence-electron chi connectivity index (χ4n) is 2.12. The molecule has 0 aromatic heterocycles. The minimum absolute atomic E-state index is 1.21. The molecule has 0 spiro atoms. The zero-order valence-electron chi connectivity index (χ0n) is 13.6. The molecule has 2 aromatic rings. The summed E-state index contributed by atoms with van der Waals surface area (Å²) in [5, 5.41) is 2.84. The van der Waals surface area contributed by atoms with Gasteiger partial charge < -0.3 is 0 Å². The molecule has 0 amide bonds. The smallest absolute Gasteiger partial charge is 0.0149 e. The van der Waals surface area contributed by atoms with Crippen molar-refractivity contribution >= 4 is 10.8 Å². The van der Waals surface area contributed by atoms with Gasteiger partial charge >= 0.3 is 0 Å². The molecule has 0 atom stereocenters. The summed E-state index contributed by atoms with van der Waals surface area (Å²) in [6, 6.07) is 13.3. The van der Waals surface area contributed by atoms with E-state index in [1.807, 2.05) is 27.7 Å². The lowest BCUT2D eigenvalue weighted by molar-refractivity contribution is 0.799. The average molecular weight is 258 g/mol. The number of fused-ring (bicyclic) bond motifs is 1. The van der Waals surface area contributed by atoms with Gasteiger partial charge in [0, 0.05) is 0 Å². The molecule has 0 saturated heterocycles. The Kier molecular flexibility index (Phi) is 9.88. The predicted molar refractivity (Wildman–Crippen MR) is 90.0 cm³/mol. The van der Waals surface area contributed by atoms with Crippen LogP contribution in [-0.2, 0) is 6.42 Å². The third-order valence-electron chi connectivity index (χ3n) is 3.03. The first-order valence-corrected chi connectivity index (χ1v) is 7.80. The molecule has 0 saturated carbocycles. The highest BCUT2D eigenvalue weighted by molar-refractivity contribution is 5.88. The molecule has 19 heavy (non-hydrogen) atoms. The molecule has 0 N–H and O–H groups in total. The van der Waals surface area contributed by atoms with Crippen molar-refractivity contribution in [1.29, 1.82) is 0 Å². The zero-order chi connectivity index (χ0) is 14.7. The molecule has 0 heteroatoms. The molecule has 0 bridgehead atoms. The molecule has 0 aliphatic carbocycles. The van der Waals surface area contributed by atoms with E-state index in [1.54, 1.807) is 0 Å². The van der Waals surface area contributed by atoms with Crippen molar-refractivity contribution in [2.45, 2.75) is 60.8 Å². The van der Waals surface area contributed by atoms with Crippen LogP contribution in [-0.4, -0.2) is 0 Å². The standard InChI is InChI=1S/C15H18.2C2H6/c1-3-4-8-13-9-6-10-14-12(2)7-5-11-15(13)14;2*1-2/h5-7,9-11H,3-4,8H2,1-2H3;2*1-2H3. The Balaban J connectivity index is 0.000000741. The third-order valence-corrected chi connectivity index (χ3v) is 3.03. The second-order valence-electron chi connectivity index (χ2n) is 4.19. The largest absolute Gasteiger partial charge is 0.0683 e. The van der Waals surface area contributed by atoms with Crippen LogP contribution in [0.15, 0.2) is 36.4 Å². The Morgan fingerprint density at radius 2 is 1.37 bits per heavy atom. The van der Waals surface area contributed by atoms with Gasteiger partial charge in [0.1, 0.15) is 0 Å². The summed E-state index contributed by atoms with van der Waals surface area (Å²) < 4.78 is 0. The summed E-state index contributed by atoms with van der Waals surface area (Å²) in [5.41, 5.74) is 2.88. The average Bonchev–Trinajstić information content (AvgIpc) is 2.50. The Hall–Kier alpha value is -1.30. The lowest BCUT2D eigenvalue weighted by Crippen LogP contribution is -1.88. The topological polar surface area (TPSA) is 0 Å². The minimum Gasteiger partial charge on any atom is -0.0683 e. The van der Waals surface area contributed by atoms with Gasteiger partial charge in [0.25, 0.3) is 0 Å². The predicted octanol–water partition coefficient (Wildman–Crippen LogP) is 6.54. The second kappa shape index (κ2) is 10.6. The maximum absolute atomic E-state index is 2.26. The van der Waals surface area contributed by atoms with Gasteiger partial charge in [0.05, 0.1) is 0 Å². The molecule has 2 aromatic carbocycles. The summed E-state index contributed by atoms with van der Waals surface area (Å²) in [6.07, 6.45) is 3.76. The number of hydrogen-bond donors (Lipinski definition) is 0. The number of unbranched alkanes of at least 4 members (excludes halogenated alkanes) is 1. The quantitative estimate of drug-likeness (QED) is 0.586. The van der Waals surface area contributed by atoms with E-state index in [1.165, 1.54) is 41.2 Å². The van der Waals surface area contributed by atoms with Crippen LogP contribution in [0.5, 0.6) is 0 Å². The lowest BCUT2D eigenvalue weighted by atomic mass is 9.98. The van der Waals surface area contributed by atoms with Gasteiger partial charge in [0.15, 0.2) is 0 Å². The minimum atomic E-state index is 1.21. The van der Waals surface area contributed by atoms with Gasteiger partial charge in [-0.3, -0.25) is 0 Å². The van der Waals surface area contributed by atoms with Crippen LogP contribution in [0.3, 0.4) is 0 Å². The van der Waals surface area contributed by atoms with E-state index in [4.69, 9.17) is 0 Å². The first kappa shape index (κ1) is 17.7. The van der Waals surface area contributed by atoms with E-state index < -0.39 is 0 Å². The van der Waals surface area contributed by atoms with Crippen LogP contribution in [0.25, 0.3) is 10.8 Å². The SMILES string of the molecule is CC.CC.CCCCc1cccc2c(C)cccc12. The highest BCUT2D eigenvalue weighted by atomic mass is 14.1. The van der Waals surface area contributed by atoms with Gasteiger partial charge in [-0.1, -0.05) is 77.4 Å². The van der Waals surface area contributed by atoms with Gasteiger partial charge in [-0.2, -0.15) is 0 Å². The summed E-state index contributed by atoms with van der Waals surface area (Å²) in [7, 11) is 0. The summed E-state index contributed by atoms with van der Waals surface area (Å²) in [6.45, 7) is 12.4. The van der Waals surface area contributed by atoms with Gasteiger partial charge in [-0.25, -0.2) is 0 Å². The number of hydrogen-bond acceptors (Lipinski definition) is 0. The van der Waals surface area contributed by atoms with Crippen molar-refractivity contribution in [2.75, 3.05) is 0 Å². The maximum atomic E-state index is 2.26. The van der Waals surface area contributed by atoms with E-state index in [9.17, 15) is 0 Å². The fourth-order valence-corrected chi connectivity index (χ4v) is 2.12. The Morgan fingerprint density at radius 1 is 0.789 bits per heavy atom. The number of aryl methyl sites for hydroxylation is 2. The van der Waals surface area contributed by atoms with Crippen molar-refractivity contribution in [2.24, 2.45) is 0 Å². The summed E-state index contributed by atoms with van der Waals surface area (Å²) in [5.74, 6) is 0. The van der Waals surface area contributed by atoms with Crippen LogP contribution in [0.2, 0.25) is 0 Å². The Morgan fingerprint density at radius 3 is 2.00 bits per heavy atom. The van der Waals surface area contributed by atoms with E-state index in [-0.39, 0.29) is 0 Å². The van der Waals surface area contributed by atoms with Crippen molar-refractivity contribution < 1.29 is 0 Å². The normalized spacial score (nSPS) is 9.16. The molecule has 0 heterocycles. The van der Waals surface area contributed by atoms with Crippen LogP contribution in [0.1, 0.15) is 58.6 Å². The lowest BCUT2D eigenvalue weighted by Gasteiger charge is -2.07. The van der Waals surface area contributed by atoms with Gasteiger partial charge in [-0.15, -0.1) is 0 Å². The van der Waals surface area contributed by atoms with Gasteiger partial charge in [-0.05, 0) is 41.7 Å². The monoisotopic (exact) mass is 258 g/mol. The second-order valence-corrected chi connectivity index (χ2v) is 4.19. The highest BCUT2D eigenvalue weighted by Gasteiger charge is 2.01. The fraction of sp³-hybridized carbons (Fsp3) is 0.474. The molecule has 0 nitrogen and oxygen atoms in total. The molecular weight excluding hydrogens is 228 g/mol. The molecule has 0 fully saturated rings. The van der Waals surface area contributed by atoms with Crippen molar-refractivity contribution in [3.63, 3.8) is 0 Å². The van der Waals surface area contributed by atoms with Crippen LogP contribution < -0.4 is 0 Å². The third kappa shape index (κ3) is 5.06. The highest BCUT2D eigenvalue weighted by Crippen LogP contribution is 2.23. The summed E-state index contributed by atoms with van der Waals surface area (Å²) >= 11 is 0. The van der Waals surface area contributed by atoms with Crippen LogP contribution in [0.4, 0.5) is 0 Å². The maximum Gasteiger partial charge on any atom is -0.0149 e. The molecule has 0 aliphatic rings. The Labute approximate surface area is 119 Å². The molecule has 0 aliphatic heterocycles. The van der Waals surface area contributed by atoms with E-state index in [2.05, 4.69) is 50.2 Å². The van der Waals surface area contributed by atoms with Crippen LogP contribution >= 0.6 is 0 Å². The van der Waals surface area contributed by atoms with Crippen molar-refractivity contribution in [3.05, 3.63) is 47.5 Å². The van der Waals surface area contributed by atoms with Crippen molar-refractivity contribution in [1.82, 2.24) is 0 Å². The van der Waals surface area contributed by atoms with E-state index in [0.717, 1.165) is 0 Å². The van der Waals surface area contributed by atoms with E-state index >= 15 is 0 Å². The molecule has 2 rings (SSSR count). The Bertz CT molecular complexity index is 455. The molecule has 0 radical (unpaired) electrons. The van der Waals surface area contributed by atoms with Gasteiger partial charge in [0.2, 0.25) is 0 Å². The first-order valence-electron chi connectivity index (χ1n) is 7.80. The molecule has 106 valence electrons. The van der Waals surface area contributed by atoms with E-state index in [0.29, 0.717) is 0 Å². The van der Waals surface area contributed by atoms with Crippen LogP contribution in [0, 0.1) is 6.92 Å². The number of rotatable bonds is 3. The summed E-state index contributed by atoms with van der Waals surface area (Å²) in [4.78, 5) is 0. The van der Waals surface area contributed by atoms with Crippen molar-refractivity contribution in [3.8, 4) is 0 Å². The molecule has 0 unspecified atom stereocenters. The first-order chi connectivity index (χ1) is 9.33.